The average molecular weight is 270 g/mol. The van der Waals surface area contributed by atoms with Crippen molar-refractivity contribution in [2.75, 3.05) is 6.54 Å². The smallest absolute Gasteiger partial charge is 0.286 e. The van der Waals surface area contributed by atoms with Crippen LogP contribution in [0.25, 0.3) is 11.1 Å². The summed E-state index contributed by atoms with van der Waals surface area (Å²) in [5.74, 6) is 0.779. The summed E-state index contributed by atoms with van der Waals surface area (Å²) in [5, 5.41) is 2.81. The first kappa shape index (κ1) is 12.5. The Morgan fingerprint density at radius 2 is 2.25 bits per heavy atom. The second-order valence-corrected chi connectivity index (χ2v) is 4.52. The second kappa shape index (κ2) is 5.21. The fourth-order valence-corrected chi connectivity index (χ4v) is 2.05. The van der Waals surface area contributed by atoms with E-state index in [4.69, 9.17) is 8.83 Å². The summed E-state index contributed by atoms with van der Waals surface area (Å²) in [6, 6.07) is 9.20. The lowest BCUT2D eigenvalue weighted by molar-refractivity contribution is 0.0926. The molecule has 0 fully saturated rings. The van der Waals surface area contributed by atoms with E-state index in [0.717, 1.165) is 23.1 Å². The number of hydrogen-bond donors (Lipinski definition) is 1. The molecule has 0 unspecified atom stereocenters. The quantitative estimate of drug-likeness (QED) is 0.791. The lowest BCUT2D eigenvalue weighted by atomic mass is 10.1. The highest BCUT2D eigenvalue weighted by Gasteiger charge is 2.08. The lowest BCUT2D eigenvalue weighted by Gasteiger charge is -2.03. The van der Waals surface area contributed by atoms with E-state index in [2.05, 4.69) is 10.3 Å². The van der Waals surface area contributed by atoms with Gasteiger partial charge in [0.15, 0.2) is 17.2 Å². The van der Waals surface area contributed by atoms with E-state index >= 15 is 0 Å². The summed E-state index contributed by atoms with van der Waals surface area (Å²) in [6.07, 6.45) is 2.21. The second-order valence-electron chi connectivity index (χ2n) is 4.52. The normalized spacial score (nSPS) is 10.8. The molecule has 0 saturated carbocycles. The summed E-state index contributed by atoms with van der Waals surface area (Å²) in [4.78, 5) is 15.9. The summed E-state index contributed by atoms with van der Waals surface area (Å²) in [7, 11) is 0. The molecule has 2 heterocycles. The standard InChI is InChI=1S/C15H14N2O3/c1-10-17-12-5-4-11(9-14(12)20-10)6-7-16-15(18)13-3-2-8-19-13/h2-5,8-9H,6-7H2,1H3,(H,16,18). The van der Waals surface area contributed by atoms with Crippen LogP contribution in [0.4, 0.5) is 0 Å². The number of amides is 1. The van der Waals surface area contributed by atoms with Gasteiger partial charge in [-0.2, -0.15) is 0 Å². The third kappa shape index (κ3) is 2.56. The molecule has 3 aromatic rings. The molecule has 0 aliphatic heterocycles. The van der Waals surface area contributed by atoms with E-state index in [-0.39, 0.29) is 5.91 Å². The SMILES string of the molecule is Cc1nc2ccc(CCNC(=O)c3ccco3)cc2o1. The van der Waals surface area contributed by atoms with E-state index in [1.165, 1.54) is 6.26 Å². The van der Waals surface area contributed by atoms with Crippen LogP contribution < -0.4 is 5.32 Å². The highest BCUT2D eigenvalue weighted by Crippen LogP contribution is 2.17. The molecule has 0 saturated heterocycles. The number of aromatic nitrogens is 1. The first-order valence-electron chi connectivity index (χ1n) is 6.40. The molecule has 5 heteroatoms. The number of carbonyl (C=O) groups excluding carboxylic acids is 1. The Kier molecular flexibility index (Phi) is 3.25. The highest BCUT2D eigenvalue weighted by molar-refractivity contribution is 5.91. The zero-order valence-corrected chi connectivity index (χ0v) is 11.1. The van der Waals surface area contributed by atoms with Gasteiger partial charge in [-0.25, -0.2) is 4.98 Å². The maximum absolute atomic E-state index is 11.7. The van der Waals surface area contributed by atoms with Gasteiger partial charge in [-0.15, -0.1) is 0 Å². The monoisotopic (exact) mass is 270 g/mol. The van der Waals surface area contributed by atoms with Crippen LogP contribution in [0.5, 0.6) is 0 Å². The van der Waals surface area contributed by atoms with Crippen molar-refractivity contribution in [1.29, 1.82) is 0 Å². The lowest BCUT2D eigenvalue weighted by Crippen LogP contribution is -2.25. The predicted octanol–water partition coefficient (Wildman–Crippen LogP) is 2.70. The van der Waals surface area contributed by atoms with Crippen molar-refractivity contribution in [2.45, 2.75) is 13.3 Å². The Hall–Kier alpha value is -2.56. The number of hydrogen-bond acceptors (Lipinski definition) is 4. The Morgan fingerprint density at radius 3 is 3.05 bits per heavy atom. The van der Waals surface area contributed by atoms with Gasteiger partial charge in [-0.05, 0) is 36.2 Å². The molecule has 1 aromatic carbocycles. The maximum atomic E-state index is 11.7. The molecule has 0 spiro atoms. The van der Waals surface area contributed by atoms with E-state index in [0.29, 0.717) is 18.2 Å². The summed E-state index contributed by atoms with van der Waals surface area (Å²) < 4.78 is 10.5. The number of fused-ring (bicyclic) bond motifs is 1. The number of nitrogens with zero attached hydrogens (tertiary/aromatic N) is 1. The van der Waals surface area contributed by atoms with Gasteiger partial charge >= 0.3 is 0 Å². The van der Waals surface area contributed by atoms with Crippen molar-refractivity contribution in [2.24, 2.45) is 0 Å². The number of aryl methyl sites for hydroxylation is 1. The zero-order valence-electron chi connectivity index (χ0n) is 11.1. The topological polar surface area (TPSA) is 68.3 Å². The van der Waals surface area contributed by atoms with E-state index in [9.17, 15) is 4.79 Å². The van der Waals surface area contributed by atoms with Crippen LogP contribution in [-0.4, -0.2) is 17.4 Å². The van der Waals surface area contributed by atoms with Crippen LogP contribution in [0.15, 0.2) is 45.4 Å². The number of carbonyl (C=O) groups is 1. The van der Waals surface area contributed by atoms with Gasteiger partial charge in [0.1, 0.15) is 5.52 Å². The van der Waals surface area contributed by atoms with Gasteiger partial charge in [-0.3, -0.25) is 4.79 Å². The van der Waals surface area contributed by atoms with Crippen molar-refractivity contribution in [3.05, 3.63) is 53.8 Å². The Bertz CT molecular complexity index is 729. The third-order valence-corrected chi connectivity index (χ3v) is 3.00. The molecule has 1 amide bonds. The van der Waals surface area contributed by atoms with Crippen molar-refractivity contribution in [3.8, 4) is 0 Å². The largest absolute Gasteiger partial charge is 0.459 e. The molecule has 0 radical (unpaired) electrons. The van der Waals surface area contributed by atoms with Crippen molar-refractivity contribution in [1.82, 2.24) is 10.3 Å². The number of nitrogens with one attached hydrogen (secondary N) is 1. The molecule has 20 heavy (non-hydrogen) atoms. The van der Waals surface area contributed by atoms with Crippen LogP contribution in [0.2, 0.25) is 0 Å². The summed E-state index contributed by atoms with van der Waals surface area (Å²) >= 11 is 0. The molecule has 0 bridgehead atoms. The summed E-state index contributed by atoms with van der Waals surface area (Å²) in [6.45, 7) is 2.36. The minimum absolute atomic E-state index is 0.202. The molecule has 0 aliphatic rings. The molecule has 102 valence electrons. The first-order chi connectivity index (χ1) is 9.72. The summed E-state index contributed by atoms with van der Waals surface area (Å²) in [5.41, 5.74) is 2.72. The van der Waals surface area contributed by atoms with Gasteiger partial charge in [0.25, 0.3) is 5.91 Å². The van der Waals surface area contributed by atoms with Gasteiger partial charge in [0.05, 0.1) is 6.26 Å². The van der Waals surface area contributed by atoms with Gasteiger partial charge in [0.2, 0.25) is 0 Å². The number of furan rings is 1. The van der Waals surface area contributed by atoms with Crippen molar-refractivity contribution in [3.63, 3.8) is 0 Å². The molecule has 1 N–H and O–H groups in total. The van der Waals surface area contributed by atoms with Crippen LogP contribution in [-0.2, 0) is 6.42 Å². The van der Waals surface area contributed by atoms with Crippen LogP contribution in [0.3, 0.4) is 0 Å². The van der Waals surface area contributed by atoms with Crippen LogP contribution >= 0.6 is 0 Å². The number of rotatable bonds is 4. The fourth-order valence-electron chi connectivity index (χ4n) is 2.05. The van der Waals surface area contributed by atoms with Crippen molar-refractivity contribution >= 4 is 17.0 Å². The minimum atomic E-state index is -0.202. The van der Waals surface area contributed by atoms with Crippen LogP contribution in [0.1, 0.15) is 22.0 Å². The Labute approximate surface area is 115 Å². The minimum Gasteiger partial charge on any atom is -0.459 e. The van der Waals surface area contributed by atoms with E-state index in [1.54, 1.807) is 12.1 Å². The molecule has 2 aromatic heterocycles. The first-order valence-corrected chi connectivity index (χ1v) is 6.40. The molecule has 0 aliphatic carbocycles. The van der Waals surface area contributed by atoms with E-state index < -0.39 is 0 Å². The average Bonchev–Trinajstić information content (AvgIpc) is 3.05. The Morgan fingerprint density at radius 1 is 1.35 bits per heavy atom. The predicted molar refractivity (Wildman–Crippen MR) is 73.5 cm³/mol. The molecular weight excluding hydrogens is 256 g/mol. The third-order valence-electron chi connectivity index (χ3n) is 3.00. The fraction of sp³-hybridized carbons (Fsp3) is 0.200. The molecule has 5 nitrogen and oxygen atoms in total. The van der Waals surface area contributed by atoms with Gasteiger partial charge in [-0.1, -0.05) is 6.07 Å². The van der Waals surface area contributed by atoms with Gasteiger partial charge < -0.3 is 14.2 Å². The van der Waals surface area contributed by atoms with Crippen LogP contribution in [0, 0.1) is 6.92 Å². The Balaban J connectivity index is 1.61. The zero-order chi connectivity index (χ0) is 13.9. The molecule has 3 rings (SSSR count). The maximum Gasteiger partial charge on any atom is 0.286 e. The molecule has 0 atom stereocenters. The molecular formula is C15H14N2O3. The van der Waals surface area contributed by atoms with Crippen molar-refractivity contribution < 1.29 is 13.6 Å². The highest BCUT2D eigenvalue weighted by atomic mass is 16.3. The number of benzene rings is 1. The van der Waals surface area contributed by atoms with Gasteiger partial charge in [0, 0.05) is 13.5 Å². The number of oxazole rings is 1. The van der Waals surface area contributed by atoms with E-state index in [1.807, 2.05) is 25.1 Å².